The Hall–Kier alpha value is -3.82. The number of benzene rings is 1. The van der Waals surface area contributed by atoms with Crippen molar-refractivity contribution in [2.45, 2.75) is 13.2 Å². The van der Waals surface area contributed by atoms with E-state index in [4.69, 9.17) is 4.74 Å². The molecular weight excluding hydrogens is 382 g/mol. The van der Waals surface area contributed by atoms with Crippen molar-refractivity contribution in [3.8, 4) is 5.75 Å². The van der Waals surface area contributed by atoms with Crippen LogP contribution in [-0.4, -0.2) is 36.8 Å². The van der Waals surface area contributed by atoms with Gasteiger partial charge >= 0.3 is 0 Å². The number of nitrogens with one attached hydrogen (secondary N) is 1. The predicted octanol–water partition coefficient (Wildman–Crippen LogP) is 2.21. The number of amides is 1. The first-order chi connectivity index (χ1) is 14.1. The van der Waals surface area contributed by atoms with Gasteiger partial charge in [0.1, 0.15) is 17.3 Å². The summed E-state index contributed by atoms with van der Waals surface area (Å²) < 4.78 is 34.9. The molecule has 4 aromatic rings. The zero-order valence-corrected chi connectivity index (χ0v) is 15.1. The zero-order chi connectivity index (χ0) is 20.2. The first-order valence-corrected chi connectivity index (χ1v) is 8.78. The standard InChI is InChI=1S/C19H16F2N6O2/c20-13-4-5-16(14(21)11-13)29-12-26-10-7-15(25-26)19(28)22-8-6-18-24-23-17-3-1-2-9-27(17)18/h1-5,7,9-11H,6,8,12H2,(H,22,28). The van der Waals surface area contributed by atoms with Gasteiger partial charge in [-0.1, -0.05) is 6.07 Å². The lowest BCUT2D eigenvalue weighted by molar-refractivity contribution is 0.0946. The fourth-order valence-electron chi connectivity index (χ4n) is 2.72. The summed E-state index contributed by atoms with van der Waals surface area (Å²) in [6.07, 6.45) is 3.89. The van der Waals surface area contributed by atoms with E-state index in [1.165, 1.54) is 23.0 Å². The third-order valence-electron chi connectivity index (χ3n) is 4.14. The summed E-state index contributed by atoms with van der Waals surface area (Å²) >= 11 is 0. The molecule has 8 nitrogen and oxygen atoms in total. The molecule has 1 aromatic carbocycles. The molecule has 0 aliphatic heterocycles. The largest absolute Gasteiger partial charge is 0.468 e. The first kappa shape index (κ1) is 18.5. The maximum Gasteiger partial charge on any atom is 0.271 e. The number of hydrogen-bond donors (Lipinski definition) is 1. The third-order valence-corrected chi connectivity index (χ3v) is 4.14. The molecular formula is C19H16F2N6O2. The lowest BCUT2D eigenvalue weighted by atomic mass is 10.3. The minimum absolute atomic E-state index is 0.103. The van der Waals surface area contributed by atoms with Crippen molar-refractivity contribution in [2.75, 3.05) is 6.54 Å². The van der Waals surface area contributed by atoms with E-state index in [0.29, 0.717) is 13.0 Å². The van der Waals surface area contributed by atoms with E-state index in [9.17, 15) is 13.6 Å². The summed E-state index contributed by atoms with van der Waals surface area (Å²) in [7, 11) is 0. The number of hydrogen-bond acceptors (Lipinski definition) is 5. The van der Waals surface area contributed by atoms with Crippen molar-refractivity contribution in [1.29, 1.82) is 0 Å². The van der Waals surface area contributed by atoms with Gasteiger partial charge in [0.15, 0.2) is 23.9 Å². The Bertz CT molecular complexity index is 1160. The number of aromatic nitrogens is 5. The van der Waals surface area contributed by atoms with Crippen molar-refractivity contribution in [3.05, 3.63) is 78.0 Å². The van der Waals surface area contributed by atoms with Gasteiger partial charge in [0.05, 0.1) is 0 Å². The van der Waals surface area contributed by atoms with Crippen LogP contribution < -0.4 is 10.1 Å². The van der Waals surface area contributed by atoms with Gasteiger partial charge < -0.3 is 10.1 Å². The number of carbonyl (C=O) groups excluding carboxylic acids is 1. The Labute approximate surface area is 163 Å². The van der Waals surface area contributed by atoms with E-state index in [-0.39, 0.29) is 24.1 Å². The maximum absolute atomic E-state index is 13.6. The molecule has 1 amide bonds. The number of pyridine rings is 1. The molecule has 0 spiro atoms. The summed E-state index contributed by atoms with van der Waals surface area (Å²) in [6, 6.07) is 10.1. The number of ether oxygens (including phenoxy) is 1. The Morgan fingerprint density at radius 3 is 2.86 bits per heavy atom. The molecule has 29 heavy (non-hydrogen) atoms. The summed E-state index contributed by atoms with van der Waals surface area (Å²) in [6.45, 7) is 0.236. The minimum atomic E-state index is -0.809. The molecule has 10 heteroatoms. The molecule has 4 rings (SSSR count). The van der Waals surface area contributed by atoms with Gasteiger partial charge in [-0.2, -0.15) is 5.10 Å². The van der Waals surface area contributed by atoms with Crippen molar-refractivity contribution in [1.82, 2.24) is 29.7 Å². The fraction of sp³-hybridized carbons (Fsp3) is 0.158. The first-order valence-electron chi connectivity index (χ1n) is 8.78. The highest BCUT2D eigenvalue weighted by atomic mass is 19.1. The second-order valence-electron chi connectivity index (χ2n) is 6.14. The van der Waals surface area contributed by atoms with Crippen LogP contribution in [-0.2, 0) is 13.2 Å². The molecule has 3 aromatic heterocycles. The van der Waals surface area contributed by atoms with Crippen LogP contribution in [0.25, 0.3) is 5.65 Å². The van der Waals surface area contributed by atoms with Crippen LogP contribution in [0.1, 0.15) is 16.3 Å². The number of fused-ring (bicyclic) bond motifs is 1. The van der Waals surface area contributed by atoms with Crippen molar-refractivity contribution in [2.24, 2.45) is 0 Å². The highest BCUT2D eigenvalue weighted by Gasteiger charge is 2.11. The quantitative estimate of drug-likeness (QED) is 0.516. The molecule has 0 aliphatic carbocycles. The van der Waals surface area contributed by atoms with Gasteiger partial charge in [-0.05, 0) is 30.3 Å². The Balaban J connectivity index is 1.30. The molecule has 0 saturated heterocycles. The lowest BCUT2D eigenvalue weighted by Crippen LogP contribution is -2.26. The summed E-state index contributed by atoms with van der Waals surface area (Å²) in [5.74, 6) is -1.22. The second-order valence-corrected chi connectivity index (χ2v) is 6.14. The Morgan fingerprint density at radius 2 is 2.00 bits per heavy atom. The summed E-state index contributed by atoms with van der Waals surface area (Å²) in [5.41, 5.74) is 0.935. The number of halogens is 2. The van der Waals surface area contributed by atoms with Crippen LogP contribution in [0.5, 0.6) is 5.75 Å². The van der Waals surface area contributed by atoms with E-state index in [1.807, 2.05) is 28.8 Å². The lowest BCUT2D eigenvalue weighted by Gasteiger charge is -2.07. The molecule has 0 saturated carbocycles. The topological polar surface area (TPSA) is 86.3 Å². The molecule has 0 radical (unpaired) electrons. The van der Waals surface area contributed by atoms with Crippen LogP contribution in [0.15, 0.2) is 54.9 Å². The third kappa shape index (κ3) is 4.21. The predicted molar refractivity (Wildman–Crippen MR) is 98.2 cm³/mol. The van der Waals surface area contributed by atoms with E-state index in [2.05, 4.69) is 20.6 Å². The molecule has 148 valence electrons. The maximum atomic E-state index is 13.6. The van der Waals surface area contributed by atoms with E-state index >= 15 is 0 Å². The Morgan fingerprint density at radius 1 is 1.10 bits per heavy atom. The summed E-state index contributed by atoms with van der Waals surface area (Å²) in [4.78, 5) is 12.2. The van der Waals surface area contributed by atoms with Gasteiger partial charge in [0, 0.05) is 31.4 Å². The molecule has 0 fully saturated rings. The molecule has 1 N–H and O–H groups in total. The second kappa shape index (κ2) is 8.05. The van der Waals surface area contributed by atoms with Crippen molar-refractivity contribution in [3.63, 3.8) is 0 Å². The Kier molecular flexibility index (Phi) is 5.14. The van der Waals surface area contributed by atoms with E-state index < -0.39 is 11.6 Å². The van der Waals surface area contributed by atoms with Gasteiger partial charge in [0.2, 0.25) is 0 Å². The molecule has 0 bridgehead atoms. The van der Waals surface area contributed by atoms with Gasteiger partial charge in [-0.3, -0.25) is 9.20 Å². The average molecular weight is 398 g/mol. The van der Waals surface area contributed by atoms with Gasteiger partial charge in [-0.15, -0.1) is 10.2 Å². The molecule has 0 unspecified atom stereocenters. The van der Waals surface area contributed by atoms with Gasteiger partial charge in [-0.25, -0.2) is 13.5 Å². The van der Waals surface area contributed by atoms with Gasteiger partial charge in [0.25, 0.3) is 5.91 Å². The van der Waals surface area contributed by atoms with Crippen LogP contribution in [0, 0.1) is 11.6 Å². The smallest absolute Gasteiger partial charge is 0.271 e. The highest BCUT2D eigenvalue weighted by Crippen LogP contribution is 2.17. The average Bonchev–Trinajstić information content (AvgIpc) is 3.35. The fourth-order valence-corrected chi connectivity index (χ4v) is 2.72. The molecule has 0 aliphatic rings. The minimum Gasteiger partial charge on any atom is -0.468 e. The van der Waals surface area contributed by atoms with Crippen LogP contribution in [0.2, 0.25) is 0 Å². The van der Waals surface area contributed by atoms with Crippen LogP contribution in [0.3, 0.4) is 0 Å². The number of carbonyl (C=O) groups is 1. The highest BCUT2D eigenvalue weighted by molar-refractivity contribution is 5.92. The number of nitrogens with zero attached hydrogens (tertiary/aromatic N) is 5. The van der Waals surface area contributed by atoms with E-state index in [1.54, 1.807) is 0 Å². The molecule has 0 atom stereocenters. The van der Waals surface area contributed by atoms with Crippen molar-refractivity contribution < 1.29 is 18.3 Å². The van der Waals surface area contributed by atoms with E-state index in [0.717, 1.165) is 23.6 Å². The SMILES string of the molecule is O=C(NCCc1nnc2ccccn12)c1ccn(COc2ccc(F)cc2F)n1. The van der Waals surface area contributed by atoms with Crippen molar-refractivity contribution >= 4 is 11.6 Å². The van der Waals surface area contributed by atoms with Crippen LogP contribution in [0.4, 0.5) is 8.78 Å². The monoisotopic (exact) mass is 398 g/mol. The summed E-state index contributed by atoms with van der Waals surface area (Å²) in [5, 5.41) is 15.0. The zero-order valence-electron chi connectivity index (χ0n) is 15.1. The molecule has 3 heterocycles. The van der Waals surface area contributed by atoms with Crippen LogP contribution >= 0.6 is 0 Å². The number of rotatable bonds is 7. The normalized spacial score (nSPS) is 11.0.